The molecule has 0 saturated carbocycles. The predicted octanol–water partition coefficient (Wildman–Crippen LogP) is 4.06. The fourth-order valence-electron chi connectivity index (χ4n) is 1.94. The van der Waals surface area contributed by atoms with E-state index in [2.05, 4.69) is 15.3 Å². The van der Waals surface area contributed by atoms with E-state index in [1.54, 1.807) is 6.21 Å². The van der Waals surface area contributed by atoms with E-state index >= 15 is 0 Å². The van der Waals surface area contributed by atoms with Crippen LogP contribution in [0.15, 0.2) is 60.0 Å². The van der Waals surface area contributed by atoms with Crippen molar-refractivity contribution in [1.82, 2.24) is 14.9 Å². The average Bonchev–Trinajstić information content (AvgIpc) is 2.98. The molecular formula is C16H13ClN4OS. The molecule has 2 aromatic carbocycles. The van der Waals surface area contributed by atoms with Gasteiger partial charge in [-0.3, -0.25) is 5.10 Å². The van der Waals surface area contributed by atoms with Crippen LogP contribution in [0.3, 0.4) is 0 Å². The van der Waals surface area contributed by atoms with Crippen LogP contribution in [-0.4, -0.2) is 21.1 Å². The summed E-state index contributed by atoms with van der Waals surface area (Å²) in [4.78, 5) is 0. The molecule has 3 aromatic rings. The lowest BCUT2D eigenvalue weighted by atomic mass is 10.2. The van der Waals surface area contributed by atoms with Crippen LogP contribution >= 0.6 is 23.8 Å². The molecule has 0 aliphatic heterocycles. The Balaban J connectivity index is 1.78. The van der Waals surface area contributed by atoms with Crippen LogP contribution in [0.25, 0.3) is 0 Å². The van der Waals surface area contributed by atoms with Crippen molar-refractivity contribution in [2.24, 2.45) is 5.10 Å². The maximum atomic E-state index is 6.14. The number of nitrogens with one attached hydrogen (secondary N) is 1. The van der Waals surface area contributed by atoms with E-state index in [4.69, 9.17) is 28.6 Å². The number of hydrogen-bond acceptors (Lipinski definition) is 4. The monoisotopic (exact) mass is 344 g/mol. The smallest absolute Gasteiger partial charge is 0.216 e. The van der Waals surface area contributed by atoms with Crippen molar-refractivity contribution in [2.75, 3.05) is 0 Å². The Bertz CT molecular complexity index is 887. The molecule has 0 radical (unpaired) electrons. The predicted molar refractivity (Wildman–Crippen MR) is 92.6 cm³/mol. The minimum absolute atomic E-state index is 0.385. The van der Waals surface area contributed by atoms with Gasteiger partial charge in [-0.05, 0) is 30.4 Å². The van der Waals surface area contributed by atoms with Crippen LogP contribution in [0.2, 0.25) is 5.02 Å². The summed E-state index contributed by atoms with van der Waals surface area (Å²) in [5.41, 5.74) is 1.76. The third kappa shape index (κ3) is 3.85. The normalized spacial score (nSPS) is 11.0. The lowest BCUT2D eigenvalue weighted by Gasteiger charge is -2.10. The number of para-hydroxylation sites is 1. The summed E-state index contributed by atoms with van der Waals surface area (Å²) in [7, 11) is 0. The zero-order valence-electron chi connectivity index (χ0n) is 12.0. The number of hydrogen-bond donors (Lipinski definition) is 1. The van der Waals surface area contributed by atoms with E-state index in [1.807, 2.05) is 48.5 Å². The average molecular weight is 345 g/mol. The zero-order chi connectivity index (χ0) is 16.1. The van der Waals surface area contributed by atoms with Crippen molar-refractivity contribution < 1.29 is 4.74 Å². The lowest BCUT2D eigenvalue weighted by Crippen LogP contribution is -1.99. The Labute approximate surface area is 143 Å². The summed E-state index contributed by atoms with van der Waals surface area (Å²) in [6.45, 7) is 0.385. The Kier molecular flexibility index (Phi) is 4.85. The molecule has 0 atom stereocenters. The van der Waals surface area contributed by atoms with E-state index in [0.717, 1.165) is 11.1 Å². The van der Waals surface area contributed by atoms with Crippen LogP contribution in [0, 0.1) is 4.77 Å². The highest BCUT2D eigenvalue weighted by atomic mass is 35.5. The number of H-pyrrole nitrogens is 1. The van der Waals surface area contributed by atoms with Gasteiger partial charge in [0.15, 0.2) is 0 Å². The number of rotatable bonds is 5. The summed E-state index contributed by atoms with van der Waals surface area (Å²) >= 11 is 11.2. The largest absolute Gasteiger partial charge is 0.488 e. The molecule has 116 valence electrons. The summed E-state index contributed by atoms with van der Waals surface area (Å²) in [5, 5.41) is 11.4. The van der Waals surface area contributed by atoms with Gasteiger partial charge in [0.05, 0.1) is 6.21 Å². The molecule has 0 fully saturated rings. The standard InChI is InChI=1S/C16H13ClN4OS/c17-14-7-3-1-6-13(14)10-22-15-8-4-2-5-12(15)9-19-21-11-18-20-16(21)23/h1-9,11H,10H2,(H,20,23). The second-order valence-corrected chi connectivity index (χ2v) is 5.46. The van der Waals surface area contributed by atoms with Gasteiger partial charge < -0.3 is 4.74 Å². The maximum Gasteiger partial charge on any atom is 0.216 e. The highest BCUT2D eigenvalue weighted by Gasteiger charge is 2.04. The first-order valence-electron chi connectivity index (χ1n) is 6.85. The first-order valence-corrected chi connectivity index (χ1v) is 7.64. The quantitative estimate of drug-likeness (QED) is 0.561. The highest BCUT2D eigenvalue weighted by Crippen LogP contribution is 2.21. The number of nitrogens with zero attached hydrogens (tertiary/aromatic N) is 3. The molecule has 0 bridgehead atoms. The van der Waals surface area contributed by atoms with Crippen LogP contribution in [0.5, 0.6) is 5.75 Å². The minimum atomic E-state index is 0.385. The van der Waals surface area contributed by atoms with E-state index < -0.39 is 0 Å². The molecule has 0 aliphatic carbocycles. The molecule has 1 N–H and O–H groups in total. The fraction of sp³-hybridized carbons (Fsp3) is 0.0625. The van der Waals surface area contributed by atoms with Gasteiger partial charge >= 0.3 is 0 Å². The molecular weight excluding hydrogens is 332 g/mol. The number of ether oxygens (including phenoxy) is 1. The molecule has 5 nitrogen and oxygen atoms in total. The Morgan fingerprint density at radius 1 is 1.22 bits per heavy atom. The van der Waals surface area contributed by atoms with Crippen LogP contribution in [-0.2, 0) is 6.61 Å². The zero-order valence-corrected chi connectivity index (χ0v) is 13.6. The first-order chi connectivity index (χ1) is 11.2. The van der Waals surface area contributed by atoms with Crippen LogP contribution in [0.1, 0.15) is 11.1 Å². The van der Waals surface area contributed by atoms with Gasteiger partial charge in [-0.1, -0.05) is 41.9 Å². The van der Waals surface area contributed by atoms with Gasteiger partial charge in [0, 0.05) is 16.1 Å². The Morgan fingerprint density at radius 3 is 2.78 bits per heavy atom. The van der Waals surface area contributed by atoms with Crippen LogP contribution in [0.4, 0.5) is 0 Å². The molecule has 23 heavy (non-hydrogen) atoms. The molecule has 1 aromatic heterocycles. The SMILES string of the molecule is S=c1[nH]ncn1N=Cc1ccccc1OCc1ccccc1Cl. The highest BCUT2D eigenvalue weighted by molar-refractivity contribution is 7.71. The molecule has 0 aliphatic rings. The van der Waals surface area contributed by atoms with Crippen molar-refractivity contribution >= 4 is 30.0 Å². The number of aromatic amines is 1. The Morgan fingerprint density at radius 2 is 2.00 bits per heavy atom. The Hall–Kier alpha value is -2.44. The molecule has 0 saturated heterocycles. The molecule has 0 unspecified atom stereocenters. The second-order valence-electron chi connectivity index (χ2n) is 4.67. The van der Waals surface area contributed by atoms with E-state index in [9.17, 15) is 0 Å². The second kappa shape index (κ2) is 7.21. The molecule has 1 heterocycles. The van der Waals surface area contributed by atoms with E-state index in [1.165, 1.54) is 11.0 Å². The summed E-state index contributed by atoms with van der Waals surface area (Å²) < 4.78 is 7.77. The molecule has 3 rings (SSSR count). The van der Waals surface area contributed by atoms with Gasteiger partial charge in [-0.15, -0.1) is 0 Å². The summed E-state index contributed by atoms with van der Waals surface area (Å²) in [6, 6.07) is 15.2. The van der Waals surface area contributed by atoms with Crippen molar-refractivity contribution in [3.63, 3.8) is 0 Å². The fourth-order valence-corrected chi connectivity index (χ4v) is 2.28. The molecule has 0 spiro atoms. The van der Waals surface area contributed by atoms with Gasteiger partial charge in [-0.25, -0.2) is 0 Å². The maximum absolute atomic E-state index is 6.14. The molecule has 0 amide bonds. The van der Waals surface area contributed by atoms with Gasteiger partial charge in [-0.2, -0.15) is 14.9 Å². The summed E-state index contributed by atoms with van der Waals surface area (Å²) in [6.07, 6.45) is 3.18. The topological polar surface area (TPSA) is 55.2 Å². The van der Waals surface area contributed by atoms with Crippen molar-refractivity contribution in [2.45, 2.75) is 6.61 Å². The number of aromatic nitrogens is 3. The first kappa shape index (κ1) is 15.5. The van der Waals surface area contributed by atoms with E-state index in [-0.39, 0.29) is 0 Å². The number of benzene rings is 2. The van der Waals surface area contributed by atoms with Crippen molar-refractivity contribution in [3.8, 4) is 5.75 Å². The van der Waals surface area contributed by atoms with Gasteiger partial charge in [0.2, 0.25) is 4.77 Å². The third-order valence-corrected chi connectivity index (χ3v) is 3.76. The summed E-state index contributed by atoms with van der Waals surface area (Å²) in [5.74, 6) is 0.714. The minimum Gasteiger partial charge on any atom is -0.488 e. The molecule has 7 heteroatoms. The third-order valence-electron chi connectivity index (χ3n) is 3.12. The lowest BCUT2D eigenvalue weighted by molar-refractivity contribution is 0.306. The van der Waals surface area contributed by atoms with Gasteiger partial charge in [0.25, 0.3) is 0 Å². The van der Waals surface area contributed by atoms with Gasteiger partial charge in [0.1, 0.15) is 18.7 Å². The van der Waals surface area contributed by atoms with Crippen molar-refractivity contribution in [3.05, 3.63) is 75.8 Å². The number of halogens is 1. The van der Waals surface area contributed by atoms with Crippen LogP contribution < -0.4 is 4.74 Å². The van der Waals surface area contributed by atoms with E-state index in [0.29, 0.717) is 22.2 Å². The van der Waals surface area contributed by atoms with Crippen molar-refractivity contribution in [1.29, 1.82) is 0 Å².